The van der Waals surface area contributed by atoms with Gasteiger partial charge in [0.05, 0.1) is 16.3 Å². The number of sulfonamides is 1. The van der Waals surface area contributed by atoms with E-state index in [1.54, 1.807) is 18.2 Å². The van der Waals surface area contributed by atoms with Crippen molar-refractivity contribution in [2.45, 2.75) is 17.2 Å². The van der Waals surface area contributed by atoms with Crippen molar-refractivity contribution >= 4 is 38.9 Å². The number of hydrogen-bond acceptors (Lipinski definition) is 6. The molecule has 34 heavy (non-hydrogen) atoms. The number of nitrogens with two attached hydrogens (primary N) is 2. The van der Waals surface area contributed by atoms with Gasteiger partial charge in [-0.15, -0.1) is 0 Å². The lowest BCUT2D eigenvalue weighted by Gasteiger charge is -2.19. The van der Waals surface area contributed by atoms with Crippen molar-refractivity contribution in [3.63, 3.8) is 0 Å². The van der Waals surface area contributed by atoms with Gasteiger partial charge in [0.25, 0.3) is 0 Å². The lowest BCUT2D eigenvalue weighted by Crippen LogP contribution is -2.24. The third kappa shape index (κ3) is 4.54. The molecule has 11 heteroatoms. The Morgan fingerprint density at radius 2 is 1.94 bits per heavy atom. The Hall–Kier alpha value is -3.65. The number of carbonyl (C=O) groups is 1. The molecule has 8 nitrogen and oxygen atoms in total. The van der Waals surface area contributed by atoms with Crippen molar-refractivity contribution < 1.29 is 22.3 Å². The van der Waals surface area contributed by atoms with Crippen molar-refractivity contribution in [1.29, 1.82) is 5.26 Å². The van der Waals surface area contributed by atoms with E-state index in [0.29, 0.717) is 5.69 Å². The molecule has 0 saturated carbocycles. The Morgan fingerprint density at radius 3 is 2.62 bits per heavy atom. The van der Waals surface area contributed by atoms with Crippen molar-refractivity contribution in [1.82, 2.24) is 0 Å². The number of para-hydroxylation sites is 1. The Kier molecular flexibility index (Phi) is 6.18. The maximum absolute atomic E-state index is 14.3. The first-order chi connectivity index (χ1) is 16.1. The molecule has 1 atom stereocenters. The smallest absolute Gasteiger partial charge is 0.240 e. The number of amides is 1. The quantitative estimate of drug-likeness (QED) is 0.509. The van der Waals surface area contributed by atoms with Crippen LogP contribution in [0, 0.1) is 17.1 Å². The lowest BCUT2D eigenvalue weighted by atomic mass is 9.98. The number of benzene rings is 3. The van der Waals surface area contributed by atoms with Crippen LogP contribution in [-0.4, -0.2) is 20.9 Å². The van der Waals surface area contributed by atoms with Crippen LogP contribution < -0.4 is 20.5 Å². The molecule has 1 amide bonds. The molecule has 0 radical (unpaired) electrons. The summed E-state index contributed by atoms with van der Waals surface area (Å²) in [5.41, 5.74) is 6.95. The van der Waals surface area contributed by atoms with Crippen molar-refractivity contribution in [2.75, 3.05) is 17.2 Å². The van der Waals surface area contributed by atoms with Crippen LogP contribution in [0.5, 0.6) is 11.5 Å². The average molecular weight is 501 g/mol. The highest BCUT2D eigenvalue weighted by atomic mass is 35.5. The zero-order valence-electron chi connectivity index (χ0n) is 17.5. The number of rotatable bonds is 5. The van der Waals surface area contributed by atoms with E-state index in [1.807, 2.05) is 6.07 Å². The second kappa shape index (κ2) is 8.95. The fraction of sp³-hybridized carbons (Fsp3) is 0.130. The third-order valence-electron chi connectivity index (χ3n) is 5.46. The number of hydrogen-bond donors (Lipinski definition) is 2. The standard InChI is InChI=1S/C23H18ClFN4O4S/c24-17-6-4-13(8-20(17)33-23-14(11-26)2-1-3-18(23)25)15-9-22(30)29(12-15)16-5-7-21(19(27)10-16)34(28,31)32/h1-8,10,15H,9,12,27H2,(H2,28,31,32)/t15-/m0/s1. The zero-order valence-corrected chi connectivity index (χ0v) is 19.1. The van der Waals surface area contributed by atoms with Gasteiger partial charge >= 0.3 is 0 Å². The predicted octanol–water partition coefficient (Wildman–Crippen LogP) is 3.89. The van der Waals surface area contributed by atoms with E-state index >= 15 is 0 Å². The summed E-state index contributed by atoms with van der Waals surface area (Å²) >= 11 is 6.24. The summed E-state index contributed by atoms with van der Waals surface area (Å²) in [5.74, 6) is -1.23. The van der Waals surface area contributed by atoms with Crippen LogP contribution >= 0.6 is 11.6 Å². The van der Waals surface area contributed by atoms with Gasteiger partial charge in [0, 0.05) is 24.6 Å². The van der Waals surface area contributed by atoms with Gasteiger partial charge < -0.3 is 15.4 Å². The van der Waals surface area contributed by atoms with E-state index < -0.39 is 15.8 Å². The van der Waals surface area contributed by atoms with E-state index in [2.05, 4.69) is 0 Å². The minimum Gasteiger partial charge on any atom is -0.451 e. The second-order valence-electron chi connectivity index (χ2n) is 7.69. The van der Waals surface area contributed by atoms with E-state index in [-0.39, 0.29) is 57.5 Å². The van der Waals surface area contributed by atoms with Crippen LogP contribution in [0.1, 0.15) is 23.5 Å². The summed E-state index contributed by atoms with van der Waals surface area (Å²) in [7, 11) is -3.99. The molecule has 3 aromatic rings. The summed E-state index contributed by atoms with van der Waals surface area (Å²) in [6.07, 6.45) is 0.168. The van der Waals surface area contributed by atoms with Gasteiger partial charge in [-0.25, -0.2) is 17.9 Å². The molecular formula is C23H18ClFN4O4S. The SMILES string of the molecule is N#Cc1cccc(F)c1Oc1cc([C@H]2CC(=O)N(c3ccc(S(N)(=O)=O)c(N)c3)C2)ccc1Cl. The number of nitrogen functional groups attached to an aromatic ring is 1. The van der Waals surface area contributed by atoms with Crippen molar-refractivity contribution in [3.8, 4) is 17.6 Å². The molecule has 1 aliphatic rings. The summed E-state index contributed by atoms with van der Waals surface area (Å²) in [4.78, 5) is 14.0. The first-order valence-corrected chi connectivity index (χ1v) is 11.9. The number of halogens is 2. The molecule has 174 valence electrons. The maximum atomic E-state index is 14.3. The number of anilines is 2. The highest BCUT2D eigenvalue weighted by Crippen LogP contribution is 2.38. The van der Waals surface area contributed by atoms with Crippen LogP contribution in [0.4, 0.5) is 15.8 Å². The topological polar surface area (TPSA) is 140 Å². The van der Waals surface area contributed by atoms with Crippen molar-refractivity contribution in [3.05, 3.63) is 76.6 Å². The normalized spacial score (nSPS) is 15.9. The molecule has 3 aromatic carbocycles. The van der Waals surface area contributed by atoms with E-state index in [0.717, 1.165) is 5.56 Å². The third-order valence-corrected chi connectivity index (χ3v) is 6.76. The Bertz CT molecular complexity index is 1460. The van der Waals surface area contributed by atoms with E-state index in [4.69, 9.17) is 27.2 Å². The van der Waals surface area contributed by atoms with Gasteiger partial charge in [-0.1, -0.05) is 23.7 Å². The van der Waals surface area contributed by atoms with Crippen LogP contribution in [0.15, 0.2) is 59.5 Å². The minimum absolute atomic E-state index is 0.0178. The molecule has 4 rings (SSSR count). The van der Waals surface area contributed by atoms with Crippen molar-refractivity contribution in [2.24, 2.45) is 5.14 Å². The number of primary sulfonamides is 1. The summed E-state index contributed by atoms with van der Waals surface area (Å²) in [5, 5.41) is 14.6. The Balaban J connectivity index is 1.61. The second-order valence-corrected chi connectivity index (χ2v) is 9.63. The maximum Gasteiger partial charge on any atom is 0.240 e. The monoisotopic (exact) mass is 500 g/mol. The highest BCUT2D eigenvalue weighted by molar-refractivity contribution is 7.89. The highest BCUT2D eigenvalue weighted by Gasteiger charge is 2.32. The Morgan fingerprint density at radius 1 is 1.18 bits per heavy atom. The molecule has 0 aromatic heterocycles. The molecular weight excluding hydrogens is 483 g/mol. The number of ether oxygens (including phenoxy) is 1. The van der Waals surface area contributed by atoms with Gasteiger partial charge in [-0.05, 0) is 48.0 Å². The summed E-state index contributed by atoms with van der Waals surface area (Å²) in [6.45, 7) is 0.289. The molecule has 1 saturated heterocycles. The molecule has 4 N–H and O–H groups in total. The summed E-state index contributed by atoms with van der Waals surface area (Å²) < 4.78 is 43.1. The number of nitriles is 1. The summed E-state index contributed by atoms with van der Waals surface area (Å²) in [6, 6.07) is 14.9. The van der Waals surface area contributed by atoms with Gasteiger partial charge in [0.15, 0.2) is 11.6 Å². The molecule has 0 bridgehead atoms. The fourth-order valence-corrected chi connectivity index (χ4v) is 4.61. The van der Waals surface area contributed by atoms with E-state index in [1.165, 1.54) is 41.3 Å². The molecule has 1 aliphatic heterocycles. The van der Waals surface area contributed by atoms with Crippen LogP contribution in [0.3, 0.4) is 0 Å². The molecule has 0 unspecified atom stereocenters. The molecule has 0 aliphatic carbocycles. The first-order valence-electron chi connectivity index (χ1n) is 9.97. The van der Waals surface area contributed by atoms with Gasteiger partial charge in [0.2, 0.25) is 15.9 Å². The lowest BCUT2D eigenvalue weighted by molar-refractivity contribution is -0.117. The minimum atomic E-state index is -3.99. The van der Waals surface area contributed by atoms with E-state index in [9.17, 15) is 22.9 Å². The van der Waals surface area contributed by atoms with Gasteiger partial charge in [0.1, 0.15) is 16.7 Å². The largest absolute Gasteiger partial charge is 0.451 e. The number of carbonyl (C=O) groups excluding carboxylic acids is 1. The van der Waals surface area contributed by atoms with Crippen LogP contribution in [-0.2, 0) is 14.8 Å². The van der Waals surface area contributed by atoms with Gasteiger partial charge in [-0.2, -0.15) is 5.26 Å². The van der Waals surface area contributed by atoms with Crippen LogP contribution in [0.2, 0.25) is 5.02 Å². The predicted molar refractivity (Wildman–Crippen MR) is 125 cm³/mol. The average Bonchev–Trinajstić information content (AvgIpc) is 3.17. The number of nitrogens with zero attached hydrogens (tertiary/aromatic N) is 2. The molecule has 0 spiro atoms. The molecule has 1 heterocycles. The molecule has 1 fully saturated rings. The zero-order chi connectivity index (χ0) is 24.6. The first kappa shape index (κ1) is 23.5. The Labute approximate surface area is 200 Å². The van der Waals surface area contributed by atoms with Gasteiger partial charge in [-0.3, -0.25) is 4.79 Å². The fourth-order valence-electron chi connectivity index (χ4n) is 3.81. The van der Waals surface area contributed by atoms with Crippen LogP contribution in [0.25, 0.3) is 0 Å².